The first-order chi connectivity index (χ1) is 13.5. The number of hydrogen-bond donors (Lipinski definition) is 1. The Morgan fingerprint density at radius 3 is 2.46 bits per heavy atom. The van der Waals surface area contributed by atoms with Crippen molar-refractivity contribution in [3.05, 3.63) is 47.5 Å². The van der Waals surface area contributed by atoms with Gasteiger partial charge in [-0.05, 0) is 46.6 Å². The minimum atomic E-state index is -0.668. The molecule has 0 saturated carbocycles. The highest BCUT2D eigenvalue weighted by Crippen LogP contribution is 2.26. The second kappa shape index (κ2) is 7.10. The normalized spacial score (nSPS) is 14.0. The van der Waals surface area contributed by atoms with Crippen molar-refractivity contribution in [1.82, 2.24) is 15.4 Å². The van der Waals surface area contributed by atoms with E-state index < -0.39 is 17.8 Å². The summed E-state index contributed by atoms with van der Waals surface area (Å²) in [4.78, 5) is 39.8. The van der Waals surface area contributed by atoms with Crippen LogP contribution in [0.15, 0.2) is 41.0 Å². The molecule has 0 aliphatic carbocycles. The van der Waals surface area contributed by atoms with Gasteiger partial charge in [0, 0.05) is 18.5 Å². The maximum Gasteiger partial charge on any atom is 0.337 e. The maximum atomic E-state index is 12.0. The molecule has 1 N–H and O–H groups in total. The standard InChI is InChI=1S/C19H16N4O5/c1-11-2-7-14(19-18(11)21-28-22-19)20-13-5-3-12(4-6-13)10-17(26)27-23-15(24)8-9-16(23)25/h2-7,20H,8-10H2,1H3. The van der Waals surface area contributed by atoms with Crippen LogP contribution in [-0.2, 0) is 25.6 Å². The van der Waals surface area contributed by atoms with Gasteiger partial charge in [0.05, 0.1) is 12.1 Å². The lowest BCUT2D eigenvalue weighted by molar-refractivity contribution is -0.197. The highest BCUT2D eigenvalue weighted by atomic mass is 16.7. The summed E-state index contributed by atoms with van der Waals surface area (Å²) in [5, 5.41) is 11.6. The first-order valence-electron chi connectivity index (χ1n) is 8.65. The Hall–Kier alpha value is -3.75. The molecule has 0 bridgehead atoms. The van der Waals surface area contributed by atoms with Crippen LogP contribution in [-0.4, -0.2) is 33.2 Å². The average molecular weight is 380 g/mol. The molecule has 0 atom stereocenters. The number of rotatable bonds is 5. The van der Waals surface area contributed by atoms with Gasteiger partial charge in [-0.2, -0.15) is 0 Å². The third kappa shape index (κ3) is 3.41. The Kier molecular flexibility index (Phi) is 4.48. The van der Waals surface area contributed by atoms with Crippen LogP contribution in [0.1, 0.15) is 24.0 Å². The van der Waals surface area contributed by atoms with E-state index in [1.807, 2.05) is 19.1 Å². The predicted octanol–water partition coefficient (Wildman–Crippen LogP) is 2.42. The first kappa shape index (κ1) is 17.7. The number of hydroxylamine groups is 2. The number of nitrogens with zero attached hydrogens (tertiary/aromatic N) is 3. The Morgan fingerprint density at radius 2 is 1.75 bits per heavy atom. The van der Waals surface area contributed by atoms with E-state index in [4.69, 9.17) is 9.47 Å². The highest BCUT2D eigenvalue weighted by molar-refractivity contribution is 6.01. The number of carbonyl (C=O) groups is 3. The molecule has 1 aromatic heterocycles. The van der Waals surface area contributed by atoms with E-state index in [9.17, 15) is 14.4 Å². The van der Waals surface area contributed by atoms with Crippen molar-refractivity contribution in [2.24, 2.45) is 0 Å². The summed E-state index contributed by atoms with van der Waals surface area (Å²) < 4.78 is 4.81. The second-order valence-electron chi connectivity index (χ2n) is 6.44. The maximum absolute atomic E-state index is 12.0. The molecule has 1 aliphatic rings. The van der Waals surface area contributed by atoms with Crippen molar-refractivity contribution >= 4 is 40.2 Å². The molecule has 3 aromatic rings. The van der Waals surface area contributed by atoms with Gasteiger partial charge in [0.1, 0.15) is 5.52 Å². The molecule has 0 unspecified atom stereocenters. The quantitative estimate of drug-likeness (QED) is 0.671. The Balaban J connectivity index is 1.42. The zero-order valence-electron chi connectivity index (χ0n) is 15.0. The SMILES string of the molecule is Cc1ccc(Nc2ccc(CC(=O)ON3C(=O)CCC3=O)cc2)c2nonc12. The van der Waals surface area contributed by atoms with Crippen LogP contribution in [0.2, 0.25) is 0 Å². The Morgan fingerprint density at radius 1 is 1.07 bits per heavy atom. The van der Waals surface area contributed by atoms with Crippen molar-refractivity contribution in [3.8, 4) is 0 Å². The minimum Gasteiger partial charge on any atom is -0.354 e. The third-order valence-corrected chi connectivity index (χ3v) is 4.40. The van der Waals surface area contributed by atoms with E-state index in [2.05, 4.69) is 15.6 Å². The topological polar surface area (TPSA) is 115 Å². The summed E-state index contributed by atoms with van der Waals surface area (Å²) in [6, 6.07) is 10.9. The monoisotopic (exact) mass is 380 g/mol. The molecule has 2 amide bonds. The largest absolute Gasteiger partial charge is 0.354 e. The number of nitrogens with one attached hydrogen (secondary N) is 1. The smallest absolute Gasteiger partial charge is 0.337 e. The van der Waals surface area contributed by atoms with Gasteiger partial charge in [-0.1, -0.05) is 18.2 Å². The van der Waals surface area contributed by atoms with Crippen LogP contribution in [0.3, 0.4) is 0 Å². The Bertz CT molecular complexity index is 1060. The van der Waals surface area contributed by atoms with Crippen LogP contribution in [0, 0.1) is 6.92 Å². The predicted molar refractivity (Wildman–Crippen MR) is 97.1 cm³/mol. The number of fused-ring (bicyclic) bond motifs is 1. The summed E-state index contributed by atoms with van der Waals surface area (Å²) in [5.74, 6) is -1.66. The van der Waals surface area contributed by atoms with Gasteiger partial charge in [-0.3, -0.25) is 9.59 Å². The van der Waals surface area contributed by atoms with Gasteiger partial charge >= 0.3 is 5.97 Å². The first-order valence-corrected chi connectivity index (χ1v) is 8.65. The number of aromatic nitrogens is 2. The molecular weight excluding hydrogens is 364 g/mol. The van der Waals surface area contributed by atoms with Crippen LogP contribution in [0.4, 0.5) is 11.4 Å². The molecule has 0 spiro atoms. The lowest BCUT2D eigenvalue weighted by Gasteiger charge is -2.12. The lowest BCUT2D eigenvalue weighted by Crippen LogP contribution is -2.32. The van der Waals surface area contributed by atoms with Gasteiger partial charge in [-0.25, -0.2) is 9.42 Å². The highest BCUT2D eigenvalue weighted by Gasteiger charge is 2.32. The lowest BCUT2D eigenvalue weighted by atomic mass is 10.1. The molecule has 1 aliphatic heterocycles. The molecule has 9 heteroatoms. The summed E-state index contributed by atoms with van der Waals surface area (Å²) in [6.07, 6.45) is 0.0823. The van der Waals surface area contributed by atoms with E-state index in [0.29, 0.717) is 21.7 Å². The van der Waals surface area contributed by atoms with E-state index in [0.717, 1.165) is 16.9 Å². The van der Waals surface area contributed by atoms with Crippen LogP contribution >= 0.6 is 0 Å². The van der Waals surface area contributed by atoms with Crippen molar-refractivity contribution in [2.75, 3.05) is 5.32 Å². The average Bonchev–Trinajstić information content (AvgIpc) is 3.29. The van der Waals surface area contributed by atoms with Crippen molar-refractivity contribution in [2.45, 2.75) is 26.2 Å². The van der Waals surface area contributed by atoms with E-state index in [1.165, 1.54) is 0 Å². The van der Waals surface area contributed by atoms with Crippen LogP contribution in [0.5, 0.6) is 0 Å². The van der Waals surface area contributed by atoms with Gasteiger partial charge in [0.15, 0.2) is 5.52 Å². The molecule has 1 saturated heterocycles. The molecule has 28 heavy (non-hydrogen) atoms. The molecule has 4 rings (SSSR count). The molecule has 142 valence electrons. The summed E-state index contributed by atoms with van der Waals surface area (Å²) in [5.41, 5.74) is 4.51. The van der Waals surface area contributed by atoms with Crippen molar-refractivity contribution < 1.29 is 23.9 Å². The number of hydrogen-bond acceptors (Lipinski definition) is 8. The van der Waals surface area contributed by atoms with Gasteiger partial charge < -0.3 is 10.2 Å². The summed E-state index contributed by atoms with van der Waals surface area (Å²) in [6.45, 7) is 1.92. The van der Waals surface area contributed by atoms with Crippen molar-refractivity contribution in [3.63, 3.8) is 0 Å². The van der Waals surface area contributed by atoms with Gasteiger partial charge in [0.2, 0.25) is 0 Å². The Labute approximate surface area is 159 Å². The molecular formula is C19H16N4O5. The van der Waals surface area contributed by atoms with Crippen molar-refractivity contribution in [1.29, 1.82) is 0 Å². The number of benzene rings is 2. The number of anilines is 2. The van der Waals surface area contributed by atoms with E-state index >= 15 is 0 Å². The van der Waals surface area contributed by atoms with Gasteiger partial charge in [0.25, 0.3) is 11.8 Å². The fourth-order valence-electron chi connectivity index (χ4n) is 2.91. The fraction of sp³-hybridized carbons (Fsp3) is 0.211. The second-order valence-corrected chi connectivity index (χ2v) is 6.44. The van der Waals surface area contributed by atoms with Crippen LogP contribution < -0.4 is 5.32 Å². The van der Waals surface area contributed by atoms with Gasteiger partial charge in [-0.15, -0.1) is 5.06 Å². The molecule has 2 heterocycles. The third-order valence-electron chi connectivity index (χ3n) is 4.40. The number of aryl methyl sites for hydroxylation is 1. The number of amides is 2. The molecule has 2 aromatic carbocycles. The summed E-state index contributed by atoms with van der Waals surface area (Å²) in [7, 11) is 0. The number of imide groups is 1. The summed E-state index contributed by atoms with van der Waals surface area (Å²) >= 11 is 0. The van der Waals surface area contributed by atoms with E-state index in [1.54, 1.807) is 24.3 Å². The fourth-order valence-corrected chi connectivity index (χ4v) is 2.91. The molecule has 0 radical (unpaired) electrons. The zero-order chi connectivity index (χ0) is 19.7. The zero-order valence-corrected chi connectivity index (χ0v) is 15.0. The minimum absolute atomic E-state index is 0.0562. The molecule has 9 nitrogen and oxygen atoms in total. The van der Waals surface area contributed by atoms with Crippen LogP contribution in [0.25, 0.3) is 11.0 Å². The molecule has 1 fully saturated rings. The van der Waals surface area contributed by atoms with E-state index in [-0.39, 0.29) is 19.3 Å². The number of carbonyl (C=O) groups excluding carboxylic acids is 3.